The molecule has 2 aliphatic rings. The Kier molecular flexibility index (Phi) is 3.92. The Labute approximate surface area is 115 Å². The van der Waals surface area contributed by atoms with Crippen molar-refractivity contribution in [2.75, 3.05) is 19.7 Å². The van der Waals surface area contributed by atoms with Crippen molar-refractivity contribution in [3.8, 4) is 5.88 Å². The molecule has 1 saturated heterocycles. The molecule has 1 aliphatic heterocycles. The summed E-state index contributed by atoms with van der Waals surface area (Å²) in [6, 6.07) is 2.27. The second kappa shape index (κ2) is 5.17. The van der Waals surface area contributed by atoms with Crippen LogP contribution in [0.1, 0.15) is 5.56 Å². The zero-order valence-electron chi connectivity index (χ0n) is 9.98. The summed E-state index contributed by atoms with van der Waals surface area (Å²) in [6.07, 6.45) is -3.09. The van der Waals surface area contributed by atoms with Crippen LogP contribution >= 0.6 is 12.4 Å². The van der Waals surface area contributed by atoms with E-state index in [4.69, 9.17) is 4.74 Å². The molecule has 0 bridgehead atoms. The number of hydrogen-bond donors (Lipinski definition) is 1. The van der Waals surface area contributed by atoms with Crippen molar-refractivity contribution in [3.63, 3.8) is 0 Å². The van der Waals surface area contributed by atoms with E-state index in [1.807, 2.05) is 0 Å². The predicted octanol–water partition coefficient (Wildman–Crippen LogP) is 2.37. The lowest BCUT2D eigenvalue weighted by atomic mass is 10.2. The molecule has 0 radical (unpaired) electrons. The van der Waals surface area contributed by atoms with Crippen LogP contribution in [-0.2, 0) is 6.18 Å². The Morgan fingerprint density at radius 2 is 2.00 bits per heavy atom. The third-order valence-electron chi connectivity index (χ3n) is 3.76. The van der Waals surface area contributed by atoms with E-state index in [1.165, 1.54) is 12.3 Å². The molecule has 0 unspecified atom stereocenters. The molecule has 1 aromatic heterocycles. The molecule has 0 aromatic carbocycles. The SMILES string of the molecule is Cl.FC(F)(F)c1cccnc1OC[C@H]1[C@@H]2CNC[C@@H]21. The van der Waals surface area contributed by atoms with Gasteiger partial charge in [0.1, 0.15) is 5.56 Å². The average molecular weight is 295 g/mol. The van der Waals surface area contributed by atoms with Crippen LogP contribution in [0.5, 0.6) is 5.88 Å². The summed E-state index contributed by atoms with van der Waals surface area (Å²) in [7, 11) is 0. The van der Waals surface area contributed by atoms with Crippen LogP contribution in [0.15, 0.2) is 18.3 Å². The molecule has 0 spiro atoms. The van der Waals surface area contributed by atoms with E-state index in [9.17, 15) is 13.2 Å². The van der Waals surface area contributed by atoms with Crippen LogP contribution in [0.3, 0.4) is 0 Å². The summed E-state index contributed by atoms with van der Waals surface area (Å²) < 4.78 is 43.3. The Morgan fingerprint density at radius 1 is 1.32 bits per heavy atom. The van der Waals surface area contributed by atoms with Gasteiger partial charge in [-0.05, 0) is 37.1 Å². The summed E-state index contributed by atoms with van der Waals surface area (Å²) in [5.74, 6) is 1.23. The highest BCUT2D eigenvalue weighted by Crippen LogP contribution is 2.48. The minimum absolute atomic E-state index is 0. The van der Waals surface area contributed by atoms with Gasteiger partial charge in [-0.15, -0.1) is 12.4 Å². The Morgan fingerprint density at radius 3 is 2.63 bits per heavy atom. The van der Waals surface area contributed by atoms with Gasteiger partial charge in [0.15, 0.2) is 0 Å². The molecule has 2 fully saturated rings. The topological polar surface area (TPSA) is 34.1 Å². The number of piperidine rings is 1. The number of nitrogens with zero attached hydrogens (tertiary/aromatic N) is 1. The lowest BCUT2D eigenvalue weighted by Crippen LogP contribution is -2.18. The molecule has 1 aromatic rings. The van der Waals surface area contributed by atoms with Gasteiger partial charge in [0.05, 0.1) is 6.61 Å². The van der Waals surface area contributed by atoms with Crippen LogP contribution in [0, 0.1) is 17.8 Å². The zero-order valence-corrected chi connectivity index (χ0v) is 10.8. The quantitative estimate of drug-likeness (QED) is 0.929. The second-order valence-electron chi connectivity index (χ2n) is 4.81. The van der Waals surface area contributed by atoms with Gasteiger partial charge in [-0.1, -0.05) is 0 Å². The molecule has 3 rings (SSSR count). The number of rotatable bonds is 3. The van der Waals surface area contributed by atoms with Crippen molar-refractivity contribution < 1.29 is 17.9 Å². The maximum atomic E-state index is 12.7. The van der Waals surface area contributed by atoms with Gasteiger partial charge in [0, 0.05) is 12.1 Å². The standard InChI is InChI=1S/C12H13F3N2O.ClH/c13-12(14,15)10-2-1-3-17-11(10)18-6-9-7-4-16-5-8(7)9;/h1-3,7-9,16H,4-6H2;1H/t7-,8+,9+;. The molecule has 106 valence electrons. The Balaban J connectivity index is 0.00000133. The summed E-state index contributed by atoms with van der Waals surface area (Å²) >= 11 is 0. The van der Waals surface area contributed by atoms with E-state index in [0.717, 1.165) is 19.2 Å². The average Bonchev–Trinajstić information content (AvgIpc) is 2.77. The Bertz CT molecular complexity index is 445. The highest BCUT2D eigenvalue weighted by atomic mass is 35.5. The largest absolute Gasteiger partial charge is 0.477 e. The van der Waals surface area contributed by atoms with Gasteiger partial charge in [-0.25, -0.2) is 4.98 Å². The zero-order chi connectivity index (χ0) is 12.8. The number of fused-ring (bicyclic) bond motifs is 1. The first-order valence-corrected chi connectivity index (χ1v) is 5.93. The van der Waals surface area contributed by atoms with Gasteiger partial charge in [0.2, 0.25) is 5.88 Å². The number of alkyl halides is 3. The molecule has 19 heavy (non-hydrogen) atoms. The molecule has 3 nitrogen and oxygen atoms in total. The Hall–Kier alpha value is -1.01. The molecule has 2 heterocycles. The van der Waals surface area contributed by atoms with Crippen molar-refractivity contribution in [1.29, 1.82) is 0 Å². The van der Waals surface area contributed by atoms with Crippen molar-refractivity contribution >= 4 is 12.4 Å². The molecular weight excluding hydrogens is 281 g/mol. The number of nitrogens with one attached hydrogen (secondary N) is 1. The lowest BCUT2D eigenvalue weighted by molar-refractivity contribution is -0.139. The fourth-order valence-corrected chi connectivity index (χ4v) is 2.69. The fourth-order valence-electron chi connectivity index (χ4n) is 2.69. The summed E-state index contributed by atoms with van der Waals surface area (Å²) in [6.45, 7) is 2.23. The molecule has 3 atom stereocenters. The number of halogens is 4. The number of pyridine rings is 1. The highest BCUT2D eigenvalue weighted by molar-refractivity contribution is 5.85. The maximum absolute atomic E-state index is 12.7. The first kappa shape index (κ1) is 14.4. The molecule has 0 amide bonds. The van der Waals surface area contributed by atoms with Crippen LogP contribution in [0.4, 0.5) is 13.2 Å². The van der Waals surface area contributed by atoms with Crippen molar-refractivity contribution in [3.05, 3.63) is 23.9 Å². The number of hydrogen-bond acceptors (Lipinski definition) is 3. The first-order valence-electron chi connectivity index (χ1n) is 5.93. The van der Waals surface area contributed by atoms with Crippen LogP contribution in [0.25, 0.3) is 0 Å². The van der Waals surface area contributed by atoms with Crippen molar-refractivity contribution in [1.82, 2.24) is 10.3 Å². The van der Waals surface area contributed by atoms with E-state index >= 15 is 0 Å². The van der Waals surface area contributed by atoms with E-state index in [1.54, 1.807) is 0 Å². The van der Waals surface area contributed by atoms with E-state index in [2.05, 4.69) is 10.3 Å². The predicted molar refractivity (Wildman–Crippen MR) is 65.3 cm³/mol. The molecule has 1 aliphatic carbocycles. The number of ether oxygens (including phenoxy) is 1. The van der Waals surface area contributed by atoms with Crippen LogP contribution in [-0.4, -0.2) is 24.7 Å². The molecule has 1 N–H and O–H groups in total. The highest BCUT2D eigenvalue weighted by Gasteiger charge is 2.53. The van der Waals surface area contributed by atoms with Gasteiger partial charge in [-0.3, -0.25) is 0 Å². The van der Waals surface area contributed by atoms with Gasteiger partial charge < -0.3 is 10.1 Å². The van der Waals surface area contributed by atoms with Crippen LogP contribution in [0.2, 0.25) is 0 Å². The number of aromatic nitrogens is 1. The van der Waals surface area contributed by atoms with Gasteiger partial charge >= 0.3 is 6.18 Å². The lowest BCUT2D eigenvalue weighted by Gasteiger charge is -2.13. The van der Waals surface area contributed by atoms with E-state index in [-0.39, 0.29) is 18.3 Å². The van der Waals surface area contributed by atoms with Gasteiger partial charge in [-0.2, -0.15) is 13.2 Å². The minimum Gasteiger partial charge on any atom is -0.477 e. The molecule has 1 saturated carbocycles. The van der Waals surface area contributed by atoms with Crippen LogP contribution < -0.4 is 10.1 Å². The molecular formula is C12H14ClF3N2O. The smallest absolute Gasteiger partial charge is 0.421 e. The van der Waals surface area contributed by atoms with E-state index < -0.39 is 11.7 Å². The minimum atomic E-state index is -4.41. The first-order chi connectivity index (χ1) is 8.57. The fraction of sp³-hybridized carbons (Fsp3) is 0.583. The molecule has 7 heteroatoms. The van der Waals surface area contributed by atoms with Crippen molar-refractivity contribution in [2.45, 2.75) is 6.18 Å². The van der Waals surface area contributed by atoms with E-state index in [0.29, 0.717) is 24.4 Å². The summed E-state index contributed by atoms with van der Waals surface area (Å²) in [5.41, 5.74) is -0.797. The maximum Gasteiger partial charge on any atom is 0.421 e. The monoisotopic (exact) mass is 294 g/mol. The third kappa shape index (κ3) is 2.79. The van der Waals surface area contributed by atoms with Gasteiger partial charge in [0.25, 0.3) is 0 Å². The normalized spacial score (nSPS) is 28.5. The summed E-state index contributed by atoms with van der Waals surface area (Å²) in [5, 5.41) is 3.23. The second-order valence-corrected chi connectivity index (χ2v) is 4.81. The third-order valence-corrected chi connectivity index (χ3v) is 3.76. The summed E-state index contributed by atoms with van der Waals surface area (Å²) in [4.78, 5) is 3.68. The van der Waals surface area contributed by atoms with Crippen molar-refractivity contribution in [2.24, 2.45) is 17.8 Å².